The van der Waals surface area contributed by atoms with Crippen molar-refractivity contribution in [1.29, 1.82) is 0 Å². The molecule has 16 heavy (non-hydrogen) atoms. The first-order chi connectivity index (χ1) is 7.60. The number of hydrogen-bond acceptors (Lipinski definition) is 4. The van der Waals surface area contributed by atoms with Crippen LogP contribution in [-0.4, -0.2) is 21.0 Å². The number of thiophene rings is 1. The van der Waals surface area contributed by atoms with Crippen molar-refractivity contribution in [2.45, 2.75) is 26.7 Å². The van der Waals surface area contributed by atoms with Crippen LogP contribution >= 0.6 is 11.3 Å². The molecule has 2 rings (SSSR count). The molecule has 1 N–H and O–H groups in total. The lowest BCUT2D eigenvalue weighted by atomic mass is 10.2. The molecule has 0 spiro atoms. The quantitative estimate of drug-likeness (QED) is 0.887. The summed E-state index contributed by atoms with van der Waals surface area (Å²) in [5.74, 6) is -0.142. The molecule has 0 bridgehead atoms. The van der Waals surface area contributed by atoms with Gasteiger partial charge in [-0.15, -0.1) is 11.3 Å². The first kappa shape index (κ1) is 11.0. The van der Waals surface area contributed by atoms with Crippen LogP contribution in [0.25, 0.3) is 10.2 Å². The van der Waals surface area contributed by atoms with Crippen LogP contribution in [-0.2, 0) is 17.6 Å². The number of aryl methyl sites for hydroxylation is 2. The van der Waals surface area contributed by atoms with E-state index in [4.69, 9.17) is 5.11 Å². The number of carbonyl (C=O) groups is 1. The highest BCUT2D eigenvalue weighted by atomic mass is 32.1. The number of aromatic nitrogens is 2. The lowest BCUT2D eigenvalue weighted by molar-refractivity contribution is -0.136. The molecule has 0 unspecified atom stereocenters. The number of nitrogens with zero attached hydrogens (tertiary/aromatic N) is 2. The summed E-state index contributed by atoms with van der Waals surface area (Å²) in [7, 11) is 0. The first-order valence-corrected chi connectivity index (χ1v) is 5.89. The van der Waals surface area contributed by atoms with E-state index in [1.165, 1.54) is 0 Å². The fraction of sp³-hybridized carbons (Fsp3) is 0.364. The molecule has 0 aliphatic rings. The van der Waals surface area contributed by atoms with Crippen LogP contribution in [0.5, 0.6) is 0 Å². The van der Waals surface area contributed by atoms with Crippen molar-refractivity contribution in [3.05, 3.63) is 22.5 Å². The Kier molecular flexibility index (Phi) is 2.87. The number of hydrogen-bond donors (Lipinski definition) is 1. The van der Waals surface area contributed by atoms with E-state index in [0.29, 0.717) is 11.5 Å². The Labute approximate surface area is 97.0 Å². The molecule has 0 aromatic carbocycles. The van der Waals surface area contributed by atoms with Gasteiger partial charge in [-0.05, 0) is 13.0 Å². The molecule has 0 fully saturated rings. The van der Waals surface area contributed by atoms with E-state index >= 15 is 0 Å². The third-order valence-electron chi connectivity index (χ3n) is 2.28. The average molecular weight is 236 g/mol. The molecule has 0 saturated heterocycles. The third-order valence-corrected chi connectivity index (χ3v) is 3.22. The van der Waals surface area contributed by atoms with Gasteiger partial charge in [0, 0.05) is 16.7 Å². The topological polar surface area (TPSA) is 63.1 Å². The Hall–Kier alpha value is -1.49. The number of carboxylic acids is 1. The molecule has 2 heterocycles. The van der Waals surface area contributed by atoms with Crippen molar-refractivity contribution >= 4 is 27.5 Å². The second kappa shape index (κ2) is 4.17. The van der Waals surface area contributed by atoms with Crippen molar-refractivity contribution in [3.63, 3.8) is 0 Å². The van der Waals surface area contributed by atoms with Gasteiger partial charge in [0.15, 0.2) is 0 Å². The highest BCUT2D eigenvalue weighted by molar-refractivity contribution is 7.18. The molecule has 2 aromatic rings. The molecule has 0 aliphatic carbocycles. The Morgan fingerprint density at radius 2 is 2.25 bits per heavy atom. The van der Waals surface area contributed by atoms with Gasteiger partial charge in [-0.25, -0.2) is 9.97 Å². The largest absolute Gasteiger partial charge is 0.481 e. The van der Waals surface area contributed by atoms with E-state index in [9.17, 15) is 4.79 Å². The van der Waals surface area contributed by atoms with Crippen LogP contribution in [0.15, 0.2) is 6.07 Å². The van der Waals surface area contributed by atoms with Crippen molar-refractivity contribution < 1.29 is 9.90 Å². The van der Waals surface area contributed by atoms with Crippen LogP contribution in [0.2, 0.25) is 0 Å². The van der Waals surface area contributed by atoms with E-state index in [1.54, 1.807) is 11.3 Å². The van der Waals surface area contributed by atoms with Crippen LogP contribution in [0.1, 0.15) is 23.3 Å². The molecular weight excluding hydrogens is 224 g/mol. The summed E-state index contributed by atoms with van der Waals surface area (Å²) >= 11 is 1.58. The van der Waals surface area contributed by atoms with Gasteiger partial charge in [0.2, 0.25) is 0 Å². The van der Waals surface area contributed by atoms with Crippen molar-refractivity contribution in [2.75, 3.05) is 0 Å². The normalized spacial score (nSPS) is 10.9. The summed E-state index contributed by atoms with van der Waals surface area (Å²) < 4.78 is 0. The van der Waals surface area contributed by atoms with Crippen LogP contribution in [0, 0.1) is 6.92 Å². The average Bonchev–Trinajstić information content (AvgIpc) is 2.57. The predicted octanol–water partition coefficient (Wildman–Crippen LogP) is 2.19. The lowest BCUT2D eigenvalue weighted by Crippen LogP contribution is -2.05. The third kappa shape index (κ3) is 2.04. The second-order valence-corrected chi connectivity index (χ2v) is 4.82. The fourth-order valence-corrected chi connectivity index (χ4v) is 2.51. The maximum absolute atomic E-state index is 10.8. The zero-order chi connectivity index (χ0) is 11.7. The maximum atomic E-state index is 10.8. The molecule has 0 atom stereocenters. The molecule has 2 aromatic heterocycles. The molecule has 84 valence electrons. The zero-order valence-electron chi connectivity index (χ0n) is 9.15. The second-order valence-electron chi connectivity index (χ2n) is 3.59. The van der Waals surface area contributed by atoms with E-state index in [2.05, 4.69) is 9.97 Å². The Bertz CT molecular complexity index is 548. The number of carboxylic acid groups (broad SMARTS) is 1. The van der Waals surface area contributed by atoms with Gasteiger partial charge in [0.05, 0.1) is 12.1 Å². The van der Waals surface area contributed by atoms with Gasteiger partial charge in [-0.2, -0.15) is 0 Å². The van der Waals surface area contributed by atoms with Crippen molar-refractivity contribution in [1.82, 2.24) is 9.97 Å². The zero-order valence-corrected chi connectivity index (χ0v) is 9.97. The monoisotopic (exact) mass is 236 g/mol. The van der Waals surface area contributed by atoms with E-state index in [-0.39, 0.29) is 6.42 Å². The van der Waals surface area contributed by atoms with Crippen LogP contribution in [0.3, 0.4) is 0 Å². The van der Waals surface area contributed by atoms with Gasteiger partial charge in [0.25, 0.3) is 0 Å². The highest BCUT2D eigenvalue weighted by Gasteiger charge is 2.12. The minimum absolute atomic E-state index is 0.0395. The van der Waals surface area contributed by atoms with Crippen molar-refractivity contribution in [3.8, 4) is 0 Å². The summed E-state index contributed by atoms with van der Waals surface area (Å²) in [5, 5.41) is 9.72. The summed E-state index contributed by atoms with van der Waals surface area (Å²) in [6, 6.07) is 1.96. The van der Waals surface area contributed by atoms with E-state index in [1.807, 2.05) is 19.9 Å². The summed E-state index contributed by atoms with van der Waals surface area (Å²) in [4.78, 5) is 21.5. The minimum atomic E-state index is -0.856. The maximum Gasteiger partial charge on any atom is 0.309 e. The van der Waals surface area contributed by atoms with Gasteiger partial charge in [-0.3, -0.25) is 4.79 Å². The van der Waals surface area contributed by atoms with Gasteiger partial charge < -0.3 is 5.11 Å². The number of fused-ring (bicyclic) bond motifs is 1. The van der Waals surface area contributed by atoms with Gasteiger partial charge >= 0.3 is 5.97 Å². The number of aliphatic carboxylic acids is 1. The van der Waals surface area contributed by atoms with Crippen LogP contribution < -0.4 is 0 Å². The Balaban J connectivity index is 2.62. The fourth-order valence-electron chi connectivity index (χ4n) is 1.59. The molecular formula is C11H12N2O2S. The molecule has 0 aliphatic heterocycles. The molecule has 0 saturated carbocycles. The van der Waals surface area contributed by atoms with E-state index < -0.39 is 5.97 Å². The summed E-state index contributed by atoms with van der Waals surface area (Å²) in [6.45, 7) is 3.95. The number of rotatable bonds is 3. The summed E-state index contributed by atoms with van der Waals surface area (Å²) in [6.07, 6.45) is 0.682. The Morgan fingerprint density at radius 3 is 2.88 bits per heavy atom. The first-order valence-electron chi connectivity index (χ1n) is 5.08. The molecule has 5 heteroatoms. The highest BCUT2D eigenvalue weighted by Crippen LogP contribution is 2.25. The molecule has 4 nitrogen and oxygen atoms in total. The smallest absolute Gasteiger partial charge is 0.309 e. The standard InChI is InChI=1S/C11H12N2O2S/c1-3-9-12-8(5-10(14)15)7-4-6(2)16-11(7)13-9/h4H,3,5H2,1-2H3,(H,14,15). The SMILES string of the molecule is CCc1nc(CC(=O)O)c2cc(C)sc2n1. The van der Waals surface area contributed by atoms with E-state index in [0.717, 1.165) is 21.5 Å². The molecule has 0 radical (unpaired) electrons. The van der Waals surface area contributed by atoms with Gasteiger partial charge in [-0.1, -0.05) is 6.92 Å². The Morgan fingerprint density at radius 1 is 1.50 bits per heavy atom. The minimum Gasteiger partial charge on any atom is -0.481 e. The lowest BCUT2D eigenvalue weighted by Gasteiger charge is -2.01. The van der Waals surface area contributed by atoms with Gasteiger partial charge in [0.1, 0.15) is 10.7 Å². The van der Waals surface area contributed by atoms with Crippen LogP contribution in [0.4, 0.5) is 0 Å². The van der Waals surface area contributed by atoms with Crippen molar-refractivity contribution in [2.24, 2.45) is 0 Å². The summed E-state index contributed by atoms with van der Waals surface area (Å²) in [5.41, 5.74) is 0.624. The predicted molar refractivity (Wildman–Crippen MR) is 62.9 cm³/mol. The molecule has 0 amide bonds.